The molecule has 5 N–H and O–H groups in total. The van der Waals surface area contributed by atoms with Gasteiger partial charge >= 0.3 is 0 Å². The molecule has 0 spiro atoms. The molecule has 0 bridgehead atoms. The number of amides is 3. The van der Waals surface area contributed by atoms with Crippen LogP contribution in [0.15, 0.2) is 36.4 Å². The maximum absolute atomic E-state index is 13.1. The van der Waals surface area contributed by atoms with Crippen molar-refractivity contribution in [1.29, 1.82) is 0 Å². The Kier molecular flexibility index (Phi) is 4.00. The molecular formula is C27H23N5O3. The van der Waals surface area contributed by atoms with E-state index in [-0.39, 0.29) is 17.7 Å². The largest absolute Gasteiger partial charge is 0.353 e. The number of carbonyl (C=O) groups excluding carboxylic acids is 3. The highest BCUT2D eigenvalue weighted by Crippen LogP contribution is 2.45. The second-order valence-electron chi connectivity index (χ2n) is 9.59. The highest BCUT2D eigenvalue weighted by Gasteiger charge is 2.36. The number of imide groups is 1. The number of carbonyl (C=O) groups is 3. The van der Waals surface area contributed by atoms with E-state index in [4.69, 9.17) is 5.73 Å². The summed E-state index contributed by atoms with van der Waals surface area (Å²) < 4.78 is 2.31. The summed E-state index contributed by atoms with van der Waals surface area (Å²) in [5.74, 6) is -0.922. The van der Waals surface area contributed by atoms with Gasteiger partial charge in [0.1, 0.15) is 0 Å². The SMILES string of the molecule is CC(N)C(=O)NCc1ccc2c(c1)[nH]c1c2c2c(c3c4cccc5c4n(c13)CCC5)C(=O)NC2=O. The normalized spacial score (nSPS) is 15.8. The van der Waals surface area contributed by atoms with Crippen LogP contribution in [-0.2, 0) is 24.3 Å². The molecule has 2 aliphatic rings. The van der Waals surface area contributed by atoms with Crippen molar-refractivity contribution in [1.82, 2.24) is 20.2 Å². The van der Waals surface area contributed by atoms with Gasteiger partial charge in [0.15, 0.2) is 0 Å². The van der Waals surface area contributed by atoms with E-state index in [0.717, 1.165) is 68.6 Å². The van der Waals surface area contributed by atoms with Crippen molar-refractivity contribution in [3.8, 4) is 0 Å². The van der Waals surface area contributed by atoms with E-state index in [1.165, 1.54) is 5.56 Å². The van der Waals surface area contributed by atoms with E-state index >= 15 is 0 Å². The van der Waals surface area contributed by atoms with Gasteiger partial charge in [-0.3, -0.25) is 19.7 Å². The number of benzene rings is 3. The van der Waals surface area contributed by atoms with Crippen LogP contribution in [0.3, 0.4) is 0 Å². The van der Waals surface area contributed by atoms with Crippen LogP contribution in [0.5, 0.6) is 0 Å². The summed E-state index contributed by atoms with van der Waals surface area (Å²) in [5.41, 5.74) is 12.6. The van der Waals surface area contributed by atoms with Crippen LogP contribution in [0.25, 0.3) is 43.6 Å². The van der Waals surface area contributed by atoms with Gasteiger partial charge in [0, 0.05) is 40.2 Å². The molecule has 2 aliphatic heterocycles. The van der Waals surface area contributed by atoms with Crippen molar-refractivity contribution >= 4 is 61.3 Å². The number of hydrogen-bond acceptors (Lipinski definition) is 4. The minimum Gasteiger partial charge on any atom is -0.353 e. The van der Waals surface area contributed by atoms with Gasteiger partial charge in [0.2, 0.25) is 5.91 Å². The van der Waals surface area contributed by atoms with E-state index in [1.54, 1.807) is 6.92 Å². The quantitative estimate of drug-likeness (QED) is 0.306. The van der Waals surface area contributed by atoms with E-state index in [2.05, 4.69) is 26.3 Å². The van der Waals surface area contributed by atoms with E-state index < -0.39 is 6.04 Å². The molecule has 4 heterocycles. The molecule has 174 valence electrons. The average Bonchev–Trinajstić information content (AvgIpc) is 3.48. The molecule has 5 aromatic rings. The molecule has 3 amide bonds. The van der Waals surface area contributed by atoms with E-state index in [9.17, 15) is 14.4 Å². The van der Waals surface area contributed by atoms with Crippen molar-refractivity contribution in [3.63, 3.8) is 0 Å². The maximum atomic E-state index is 13.1. The van der Waals surface area contributed by atoms with Gasteiger partial charge in [0.25, 0.3) is 11.8 Å². The Morgan fingerprint density at radius 3 is 2.69 bits per heavy atom. The Morgan fingerprint density at radius 2 is 1.89 bits per heavy atom. The number of aromatic nitrogens is 2. The van der Waals surface area contributed by atoms with Crippen molar-refractivity contribution in [3.05, 3.63) is 58.7 Å². The maximum Gasteiger partial charge on any atom is 0.259 e. The Labute approximate surface area is 199 Å². The first kappa shape index (κ1) is 20.2. The number of H-pyrrole nitrogens is 1. The molecule has 0 fully saturated rings. The minimum atomic E-state index is -0.580. The molecular weight excluding hydrogens is 442 g/mol. The number of aryl methyl sites for hydroxylation is 2. The van der Waals surface area contributed by atoms with Gasteiger partial charge in [-0.05, 0) is 37.0 Å². The standard InChI is InChI=1S/C27H23N5O3/c1-12(28)25(33)29-11-13-7-8-15-17(10-13)30-22-18(15)20-21(27(35)31-26(20)34)19-16-6-2-4-14-5-3-9-32(23(14)16)24(19)22/h2,4,6-8,10,12,30H,3,5,9,11,28H2,1H3,(H,29,33)(H,31,34,35). The van der Waals surface area contributed by atoms with E-state index in [0.29, 0.717) is 17.7 Å². The third-order valence-electron chi connectivity index (χ3n) is 7.40. The van der Waals surface area contributed by atoms with Gasteiger partial charge < -0.3 is 20.6 Å². The number of rotatable bonds is 3. The number of fused-ring (bicyclic) bond motifs is 10. The molecule has 3 aromatic carbocycles. The Bertz CT molecular complexity index is 1790. The fourth-order valence-electron chi connectivity index (χ4n) is 5.93. The monoisotopic (exact) mass is 465 g/mol. The molecule has 0 radical (unpaired) electrons. The van der Waals surface area contributed by atoms with Gasteiger partial charge in [-0.1, -0.05) is 30.3 Å². The number of para-hydroxylation sites is 1. The zero-order chi connectivity index (χ0) is 24.0. The molecule has 1 unspecified atom stereocenters. The van der Waals surface area contributed by atoms with Crippen LogP contribution in [-0.4, -0.2) is 33.3 Å². The molecule has 0 aliphatic carbocycles. The molecule has 0 saturated heterocycles. The second kappa shape index (κ2) is 6.93. The number of aromatic amines is 1. The Hall–Kier alpha value is -4.17. The third-order valence-corrected chi connectivity index (χ3v) is 7.40. The fraction of sp³-hybridized carbons (Fsp3) is 0.222. The van der Waals surface area contributed by atoms with E-state index in [1.807, 2.05) is 30.3 Å². The lowest BCUT2D eigenvalue weighted by Crippen LogP contribution is -2.37. The van der Waals surface area contributed by atoms with Crippen molar-refractivity contribution in [2.45, 2.75) is 38.9 Å². The van der Waals surface area contributed by atoms with Crippen LogP contribution in [0.4, 0.5) is 0 Å². The minimum absolute atomic E-state index is 0.216. The summed E-state index contributed by atoms with van der Waals surface area (Å²) >= 11 is 0. The summed E-state index contributed by atoms with van der Waals surface area (Å²) in [5, 5.41) is 8.87. The van der Waals surface area contributed by atoms with Gasteiger partial charge in [-0.2, -0.15) is 0 Å². The molecule has 0 saturated carbocycles. The summed E-state index contributed by atoms with van der Waals surface area (Å²) in [6.07, 6.45) is 2.01. The highest BCUT2D eigenvalue weighted by molar-refractivity contribution is 6.39. The summed E-state index contributed by atoms with van der Waals surface area (Å²) in [7, 11) is 0. The Balaban J connectivity index is 1.58. The van der Waals surface area contributed by atoms with Crippen LogP contribution in [0.1, 0.15) is 45.2 Å². The highest BCUT2D eigenvalue weighted by atomic mass is 16.2. The lowest BCUT2D eigenvalue weighted by Gasteiger charge is -2.16. The smallest absolute Gasteiger partial charge is 0.259 e. The molecule has 2 aromatic heterocycles. The third kappa shape index (κ3) is 2.62. The van der Waals surface area contributed by atoms with Gasteiger partial charge in [-0.25, -0.2) is 0 Å². The number of nitrogens with zero attached hydrogens (tertiary/aromatic N) is 1. The summed E-state index contributed by atoms with van der Waals surface area (Å²) in [6.45, 7) is 2.85. The number of nitrogens with two attached hydrogens (primary N) is 1. The van der Waals surface area contributed by atoms with Gasteiger partial charge in [0.05, 0.1) is 33.7 Å². The molecule has 8 nitrogen and oxygen atoms in total. The van der Waals surface area contributed by atoms with Crippen LogP contribution in [0, 0.1) is 0 Å². The van der Waals surface area contributed by atoms with Crippen molar-refractivity contribution < 1.29 is 14.4 Å². The second-order valence-corrected chi connectivity index (χ2v) is 9.59. The number of hydrogen-bond donors (Lipinski definition) is 4. The van der Waals surface area contributed by atoms with Crippen molar-refractivity contribution in [2.75, 3.05) is 0 Å². The van der Waals surface area contributed by atoms with Gasteiger partial charge in [-0.15, -0.1) is 0 Å². The van der Waals surface area contributed by atoms with Crippen LogP contribution < -0.4 is 16.4 Å². The molecule has 8 heteroatoms. The predicted molar refractivity (Wildman–Crippen MR) is 134 cm³/mol. The fourth-order valence-corrected chi connectivity index (χ4v) is 5.93. The van der Waals surface area contributed by atoms with Crippen LogP contribution >= 0.6 is 0 Å². The first-order valence-corrected chi connectivity index (χ1v) is 11.9. The molecule has 1 atom stereocenters. The topological polar surface area (TPSA) is 122 Å². The van der Waals surface area contributed by atoms with Crippen molar-refractivity contribution in [2.24, 2.45) is 5.73 Å². The predicted octanol–water partition coefficient (Wildman–Crippen LogP) is 3.22. The summed E-state index contributed by atoms with van der Waals surface area (Å²) in [4.78, 5) is 41.6. The molecule has 7 rings (SSSR count). The summed E-state index contributed by atoms with van der Waals surface area (Å²) in [6, 6.07) is 11.5. The lowest BCUT2D eigenvalue weighted by atomic mass is 9.96. The average molecular weight is 466 g/mol. The molecule has 35 heavy (non-hydrogen) atoms. The van der Waals surface area contributed by atoms with Crippen LogP contribution in [0.2, 0.25) is 0 Å². The Morgan fingerprint density at radius 1 is 1.09 bits per heavy atom. The first-order chi connectivity index (χ1) is 16.9. The zero-order valence-corrected chi connectivity index (χ0v) is 19.1. The zero-order valence-electron chi connectivity index (χ0n) is 19.1. The lowest BCUT2D eigenvalue weighted by molar-refractivity contribution is -0.122. The number of nitrogens with one attached hydrogen (secondary N) is 3. The first-order valence-electron chi connectivity index (χ1n) is 11.9.